The van der Waals surface area contributed by atoms with Crippen LogP contribution in [0.2, 0.25) is 0 Å². The topological polar surface area (TPSA) is 47.7 Å². The van der Waals surface area contributed by atoms with Gasteiger partial charge in [0.2, 0.25) is 0 Å². The van der Waals surface area contributed by atoms with E-state index < -0.39 is 0 Å². The van der Waals surface area contributed by atoms with Gasteiger partial charge < -0.3 is 20.1 Å². The van der Waals surface area contributed by atoms with Gasteiger partial charge in [0.25, 0.3) is 0 Å². The summed E-state index contributed by atoms with van der Waals surface area (Å²) in [4.78, 5) is 2.39. The molecule has 0 saturated carbocycles. The molecule has 1 aliphatic heterocycles. The molecule has 0 aliphatic carbocycles. The fourth-order valence-corrected chi connectivity index (χ4v) is 1.93. The summed E-state index contributed by atoms with van der Waals surface area (Å²) in [7, 11) is 3.48. The van der Waals surface area contributed by atoms with Crippen LogP contribution in [0.15, 0.2) is 0 Å². The van der Waals surface area contributed by atoms with Crippen LogP contribution >= 0.6 is 0 Å². The number of ether oxygens (including phenoxy) is 2. The van der Waals surface area contributed by atoms with Gasteiger partial charge in [-0.1, -0.05) is 0 Å². The van der Waals surface area contributed by atoms with Crippen LogP contribution in [0.1, 0.15) is 12.8 Å². The number of hydrogen-bond donors (Lipinski definition) is 1. The summed E-state index contributed by atoms with van der Waals surface area (Å²) in [5.74, 6) is 0. The Morgan fingerprint density at radius 1 is 1.36 bits per heavy atom. The van der Waals surface area contributed by atoms with Gasteiger partial charge in [-0.05, 0) is 12.8 Å². The van der Waals surface area contributed by atoms with E-state index in [2.05, 4.69) is 4.90 Å². The van der Waals surface area contributed by atoms with Gasteiger partial charge in [-0.15, -0.1) is 0 Å². The number of piperidine rings is 1. The van der Waals surface area contributed by atoms with E-state index in [9.17, 15) is 0 Å². The lowest BCUT2D eigenvalue weighted by Gasteiger charge is -2.32. The summed E-state index contributed by atoms with van der Waals surface area (Å²) in [6.45, 7) is 3.76. The summed E-state index contributed by atoms with van der Waals surface area (Å²) >= 11 is 0. The number of methoxy groups -OCH3 is 2. The third-order valence-electron chi connectivity index (χ3n) is 2.74. The van der Waals surface area contributed by atoms with E-state index in [1.807, 2.05) is 0 Å². The largest absolute Gasteiger partial charge is 0.383 e. The zero-order chi connectivity index (χ0) is 10.4. The standard InChI is InChI=1S/C10H22N2O2/c1-13-8-9(11)7-12-5-3-10(14-2)4-6-12/h9-10H,3-8,11H2,1-2H3. The molecule has 0 aromatic heterocycles. The average molecular weight is 202 g/mol. The molecule has 1 aliphatic rings. The van der Waals surface area contributed by atoms with Crippen molar-refractivity contribution < 1.29 is 9.47 Å². The number of rotatable bonds is 5. The molecule has 1 unspecified atom stereocenters. The van der Waals surface area contributed by atoms with Crippen molar-refractivity contribution in [2.45, 2.75) is 25.0 Å². The molecule has 0 aromatic rings. The SMILES string of the molecule is COCC(N)CN1CCC(OC)CC1. The average Bonchev–Trinajstić information content (AvgIpc) is 2.19. The van der Waals surface area contributed by atoms with Gasteiger partial charge in [0.1, 0.15) is 0 Å². The van der Waals surface area contributed by atoms with Gasteiger partial charge in [-0.2, -0.15) is 0 Å². The maximum atomic E-state index is 5.88. The van der Waals surface area contributed by atoms with Crippen molar-refractivity contribution in [3.05, 3.63) is 0 Å². The predicted molar refractivity (Wildman–Crippen MR) is 56.3 cm³/mol. The number of likely N-dealkylation sites (tertiary alicyclic amines) is 1. The van der Waals surface area contributed by atoms with Gasteiger partial charge in [0, 0.05) is 39.9 Å². The van der Waals surface area contributed by atoms with Gasteiger partial charge in [0.05, 0.1) is 12.7 Å². The molecule has 1 saturated heterocycles. The quantitative estimate of drug-likeness (QED) is 0.685. The van der Waals surface area contributed by atoms with E-state index in [1.165, 1.54) is 0 Å². The van der Waals surface area contributed by atoms with Gasteiger partial charge in [0.15, 0.2) is 0 Å². The monoisotopic (exact) mass is 202 g/mol. The molecule has 1 fully saturated rings. The summed E-state index contributed by atoms with van der Waals surface area (Å²) in [5, 5.41) is 0. The molecule has 1 rings (SSSR count). The van der Waals surface area contributed by atoms with Crippen LogP contribution in [0.4, 0.5) is 0 Å². The van der Waals surface area contributed by atoms with E-state index in [-0.39, 0.29) is 6.04 Å². The molecule has 2 N–H and O–H groups in total. The first-order valence-corrected chi connectivity index (χ1v) is 5.26. The summed E-state index contributed by atoms with van der Waals surface area (Å²) in [6, 6.07) is 0.138. The Kier molecular flexibility index (Phi) is 5.40. The Hall–Kier alpha value is -0.160. The van der Waals surface area contributed by atoms with E-state index in [1.54, 1.807) is 14.2 Å². The Morgan fingerprint density at radius 3 is 2.50 bits per heavy atom. The highest BCUT2D eigenvalue weighted by Crippen LogP contribution is 2.12. The normalized spacial score (nSPS) is 22.5. The highest BCUT2D eigenvalue weighted by molar-refractivity contribution is 4.75. The second-order valence-electron chi connectivity index (χ2n) is 3.95. The van der Waals surface area contributed by atoms with E-state index in [0.29, 0.717) is 12.7 Å². The molecule has 0 aromatic carbocycles. The molecule has 84 valence electrons. The number of hydrogen-bond acceptors (Lipinski definition) is 4. The third kappa shape index (κ3) is 3.92. The Balaban J connectivity index is 2.15. The van der Waals surface area contributed by atoms with Crippen LogP contribution in [-0.4, -0.2) is 57.5 Å². The maximum absolute atomic E-state index is 5.88. The molecule has 0 amide bonds. The molecular weight excluding hydrogens is 180 g/mol. The second kappa shape index (κ2) is 6.35. The fourth-order valence-electron chi connectivity index (χ4n) is 1.93. The van der Waals surface area contributed by atoms with Crippen LogP contribution in [-0.2, 0) is 9.47 Å². The van der Waals surface area contributed by atoms with Crippen LogP contribution in [0.5, 0.6) is 0 Å². The van der Waals surface area contributed by atoms with Gasteiger partial charge in [-0.25, -0.2) is 0 Å². The first-order chi connectivity index (χ1) is 6.76. The van der Waals surface area contributed by atoms with Crippen molar-refractivity contribution in [1.29, 1.82) is 0 Å². The molecule has 1 atom stereocenters. The van der Waals surface area contributed by atoms with Gasteiger partial charge >= 0.3 is 0 Å². The molecular formula is C10H22N2O2. The van der Waals surface area contributed by atoms with E-state index in [4.69, 9.17) is 15.2 Å². The molecule has 0 spiro atoms. The van der Waals surface area contributed by atoms with Crippen molar-refractivity contribution in [3.8, 4) is 0 Å². The molecule has 14 heavy (non-hydrogen) atoms. The minimum absolute atomic E-state index is 0.138. The summed E-state index contributed by atoms with van der Waals surface area (Å²) < 4.78 is 10.3. The lowest BCUT2D eigenvalue weighted by atomic mass is 10.1. The molecule has 0 bridgehead atoms. The molecule has 1 heterocycles. The number of nitrogens with zero attached hydrogens (tertiary/aromatic N) is 1. The Labute approximate surface area is 86.3 Å². The van der Waals surface area contributed by atoms with Crippen LogP contribution in [0.3, 0.4) is 0 Å². The van der Waals surface area contributed by atoms with E-state index >= 15 is 0 Å². The highest BCUT2D eigenvalue weighted by Gasteiger charge is 2.19. The second-order valence-corrected chi connectivity index (χ2v) is 3.95. The minimum atomic E-state index is 0.138. The molecule has 4 heteroatoms. The van der Waals surface area contributed by atoms with Gasteiger partial charge in [-0.3, -0.25) is 0 Å². The molecule has 0 radical (unpaired) electrons. The molecule has 4 nitrogen and oxygen atoms in total. The van der Waals surface area contributed by atoms with Crippen molar-refractivity contribution in [2.24, 2.45) is 5.73 Å². The summed E-state index contributed by atoms with van der Waals surface area (Å²) in [6.07, 6.45) is 2.69. The highest BCUT2D eigenvalue weighted by atomic mass is 16.5. The number of nitrogens with two attached hydrogens (primary N) is 1. The minimum Gasteiger partial charge on any atom is -0.383 e. The van der Waals surface area contributed by atoms with Crippen LogP contribution in [0, 0.1) is 0 Å². The first kappa shape index (κ1) is 11.9. The zero-order valence-corrected chi connectivity index (χ0v) is 9.24. The van der Waals surface area contributed by atoms with E-state index in [0.717, 1.165) is 32.5 Å². The summed E-state index contributed by atoms with van der Waals surface area (Å²) in [5.41, 5.74) is 5.88. The lowest BCUT2D eigenvalue weighted by molar-refractivity contribution is 0.0364. The predicted octanol–water partition coefficient (Wildman–Crippen LogP) is 0.0709. The Morgan fingerprint density at radius 2 is 2.00 bits per heavy atom. The smallest absolute Gasteiger partial charge is 0.0626 e. The van der Waals surface area contributed by atoms with Crippen LogP contribution in [0.25, 0.3) is 0 Å². The fraction of sp³-hybridized carbons (Fsp3) is 1.00. The third-order valence-corrected chi connectivity index (χ3v) is 2.74. The first-order valence-electron chi connectivity index (χ1n) is 5.26. The van der Waals surface area contributed by atoms with Crippen molar-refractivity contribution >= 4 is 0 Å². The maximum Gasteiger partial charge on any atom is 0.0626 e. The van der Waals surface area contributed by atoms with Crippen molar-refractivity contribution in [2.75, 3.05) is 40.5 Å². The van der Waals surface area contributed by atoms with Crippen molar-refractivity contribution in [1.82, 2.24) is 4.90 Å². The zero-order valence-electron chi connectivity index (χ0n) is 9.24. The van der Waals surface area contributed by atoms with Crippen LogP contribution < -0.4 is 5.73 Å². The Bertz CT molecular complexity index is 147. The lowest BCUT2D eigenvalue weighted by Crippen LogP contribution is -2.45. The van der Waals surface area contributed by atoms with Crippen molar-refractivity contribution in [3.63, 3.8) is 0 Å².